The Morgan fingerprint density at radius 3 is 1.17 bits per heavy atom. The summed E-state index contributed by atoms with van der Waals surface area (Å²) in [6.07, 6.45) is 10.6. The molecule has 0 amide bonds. The largest absolute Gasteiger partial charge is 0.390 e. The molecule has 3 aliphatic rings. The maximum Gasteiger partial charge on any atom is 0.0670 e. The zero-order chi connectivity index (χ0) is 17.0. The van der Waals surface area contributed by atoms with Crippen molar-refractivity contribution in [1.29, 1.82) is 0 Å². The van der Waals surface area contributed by atoms with Crippen molar-refractivity contribution in [3.63, 3.8) is 0 Å². The van der Waals surface area contributed by atoms with Crippen LogP contribution in [-0.2, 0) is 0 Å². The van der Waals surface area contributed by atoms with E-state index in [2.05, 4.69) is 48.5 Å². The van der Waals surface area contributed by atoms with Gasteiger partial charge < -0.3 is 5.11 Å². The van der Waals surface area contributed by atoms with Crippen LogP contribution in [-0.4, -0.2) is 10.7 Å². The summed E-state index contributed by atoms with van der Waals surface area (Å²) in [5.74, 6) is 3.42. The van der Waals surface area contributed by atoms with Gasteiger partial charge in [-0.1, -0.05) is 69.7 Å². The van der Waals surface area contributed by atoms with Gasteiger partial charge in [0.25, 0.3) is 0 Å². The molecular weight excluding hydrogens is 292 g/mol. The molecule has 0 aromatic heterocycles. The molecule has 0 aromatic carbocycles. The predicted molar refractivity (Wildman–Crippen MR) is 111 cm³/mol. The molecule has 1 heteroatoms. The third kappa shape index (κ3) is 7.89. The van der Waals surface area contributed by atoms with E-state index in [0.29, 0.717) is 5.92 Å². The van der Waals surface area contributed by atoms with E-state index < -0.39 is 0 Å². The minimum Gasteiger partial charge on any atom is -0.390 e. The van der Waals surface area contributed by atoms with Gasteiger partial charge in [-0.05, 0) is 74.0 Å². The van der Waals surface area contributed by atoms with E-state index >= 15 is 0 Å². The lowest BCUT2D eigenvalue weighted by Gasteiger charge is -2.42. The van der Waals surface area contributed by atoms with Crippen LogP contribution in [0.4, 0.5) is 0 Å². The number of hydrogen-bond acceptors (Lipinski definition) is 1. The molecule has 24 heavy (non-hydrogen) atoms. The third-order valence-corrected chi connectivity index (χ3v) is 6.75. The Hall–Kier alpha value is -0.0400. The highest BCUT2D eigenvalue weighted by Crippen LogP contribution is 2.46. The smallest absolute Gasteiger partial charge is 0.0670 e. The molecule has 3 rings (SSSR count). The molecule has 3 saturated carbocycles. The van der Waals surface area contributed by atoms with Gasteiger partial charge in [-0.25, -0.2) is 0 Å². The number of rotatable bonds is 3. The van der Waals surface area contributed by atoms with E-state index in [1.165, 1.54) is 38.5 Å². The maximum absolute atomic E-state index is 9.49. The molecule has 0 atom stereocenters. The van der Waals surface area contributed by atoms with Crippen LogP contribution in [0.5, 0.6) is 0 Å². The van der Waals surface area contributed by atoms with Crippen LogP contribution >= 0.6 is 0 Å². The molecule has 3 aliphatic carbocycles. The quantitative estimate of drug-likeness (QED) is 0.556. The van der Waals surface area contributed by atoms with Crippen LogP contribution in [0.2, 0.25) is 0 Å². The lowest BCUT2D eigenvalue weighted by atomic mass is 9.64. The lowest BCUT2D eigenvalue weighted by Crippen LogP contribution is -2.41. The molecule has 0 aromatic rings. The van der Waals surface area contributed by atoms with Gasteiger partial charge in [0.15, 0.2) is 0 Å². The Bertz CT molecular complexity index is 280. The highest BCUT2D eigenvalue weighted by atomic mass is 16.3. The molecule has 0 radical (unpaired) electrons. The van der Waals surface area contributed by atoms with Crippen molar-refractivity contribution < 1.29 is 5.11 Å². The van der Waals surface area contributed by atoms with Crippen LogP contribution in [0.1, 0.15) is 115 Å². The summed E-state index contributed by atoms with van der Waals surface area (Å²) in [7, 11) is 0. The lowest BCUT2D eigenvalue weighted by molar-refractivity contribution is -0.0719. The van der Waals surface area contributed by atoms with Crippen LogP contribution in [0.25, 0.3) is 0 Å². The molecule has 0 spiro atoms. The van der Waals surface area contributed by atoms with Crippen LogP contribution < -0.4 is 0 Å². The van der Waals surface area contributed by atoms with Gasteiger partial charge in [-0.3, -0.25) is 0 Å². The molecule has 0 aliphatic heterocycles. The average molecular weight is 343 g/mol. The molecule has 0 saturated heterocycles. The summed E-state index contributed by atoms with van der Waals surface area (Å²) in [6, 6.07) is 0. The fourth-order valence-electron chi connectivity index (χ4n) is 3.19. The second-order valence-electron chi connectivity index (χ2n) is 9.36. The normalized spacial score (nSPS) is 22.6. The van der Waals surface area contributed by atoms with E-state index in [9.17, 15) is 5.11 Å². The Morgan fingerprint density at radius 1 is 0.750 bits per heavy atom. The molecule has 0 heterocycles. The van der Waals surface area contributed by atoms with Gasteiger partial charge in [0, 0.05) is 0 Å². The van der Waals surface area contributed by atoms with Crippen molar-refractivity contribution in [3.8, 4) is 0 Å². The zero-order valence-electron chi connectivity index (χ0n) is 16.4. The topological polar surface area (TPSA) is 20.2 Å². The second kappa shape index (κ2) is 10.8. The van der Waals surface area contributed by atoms with Crippen molar-refractivity contribution in [1.82, 2.24) is 0 Å². The summed E-state index contributed by atoms with van der Waals surface area (Å²) in [5, 5.41) is 9.49. The first-order chi connectivity index (χ1) is 10.1. The third-order valence-electron chi connectivity index (χ3n) is 6.75. The van der Waals surface area contributed by atoms with Crippen molar-refractivity contribution in [2.75, 3.05) is 0 Å². The summed E-state index contributed by atoms with van der Waals surface area (Å²) in [6.45, 7) is 15.8. The van der Waals surface area contributed by atoms with Crippen molar-refractivity contribution in [2.45, 2.75) is 120 Å². The van der Waals surface area contributed by atoms with E-state index in [1.807, 2.05) is 0 Å². The molecular formula is C23H50O. The summed E-state index contributed by atoms with van der Waals surface area (Å²) in [4.78, 5) is 0. The molecule has 1 nitrogen and oxygen atoms in total. The average Bonchev–Trinajstić information content (AvgIpc) is 3.18. The van der Waals surface area contributed by atoms with E-state index in [1.54, 1.807) is 0 Å². The van der Waals surface area contributed by atoms with Gasteiger partial charge in [0.2, 0.25) is 0 Å². The summed E-state index contributed by atoms with van der Waals surface area (Å²) >= 11 is 0. The molecule has 0 bridgehead atoms. The van der Waals surface area contributed by atoms with E-state index in [-0.39, 0.29) is 20.5 Å². The number of aliphatic hydroxyl groups is 1. The van der Waals surface area contributed by atoms with Crippen LogP contribution in [0.3, 0.4) is 0 Å². The fraction of sp³-hybridized carbons (Fsp3) is 1.00. The fourth-order valence-corrected chi connectivity index (χ4v) is 3.19. The van der Waals surface area contributed by atoms with Crippen LogP contribution in [0, 0.1) is 29.1 Å². The van der Waals surface area contributed by atoms with Crippen molar-refractivity contribution >= 4 is 0 Å². The van der Waals surface area contributed by atoms with E-state index in [0.717, 1.165) is 36.0 Å². The Balaban J connectivity index is 0. The van der Waals surface area contributed by atoms with Crippen molar-refractivity contribution in [2.24, 2.45) is 29.1 Å². The minimum absolute atomic E-state index is 0. The molecule has 3 fully saturated rings. The van der Waals surface area contributed by atoms with Gasteiger partial charge in [-0.2, -0.15) is 0 Å². The minimum atomic E-state index is -0.278. The van der Waals surface area contributed by atoms with Gasteiger partial charge in [0.05, 0.1) is 5.60 Å². The SMILES string of the molecule is C.C.CC(C)C1(C)CCC1.CC(C)C1(O)CCC1.CC(C)C1CC1. The van der Waals surface area contributed by atoms with Gasteiger partial charge in [-0.15, -0.1) is 0 Å². The first-order valence-corrected chi connectivity index (χ1v) is 9.83. The zero-order valence-corrected chi connectivity index (χ0v) is 16.4. The highest BCUT2D eigenvalue weighted by molar-refractivity contribution is 4.89. The monoisotopic (exact) mass is 342 g/mol. The second-order valence-corrected chi connectivity index (χ2v) is 9.36. The van der Waals surface area contributed by atoms with Crippen LogP contribution in [0.15, 0.2) is 0 Å². The highest BCUT2D eigenvalue weighted by Gasteiger charge is 2.37. The number of hydrogen-bond donors (Lipinski definition) is 1. The Morgan fingerprint density at radius 2 is 1.17 bits per heavy atom. The first-order valence-electron chi connectivity index (χ1n) is 9.83. The van der Waals surface area contributed by atoms with Gasteiger partial charge in [0.1, 0.15) is 0 Å². The summed E-state index contributed by atoms with van der Waals surface area (Å²) < 4.78 is 0. The molecule has 148 valence electrons. The predicted octanol–water partition coefficient (Wildman–Crippen LogP) is 7.71. The van der Waals surface area contributed by atoms with E-state index in [4.69, 9.17) is 0 Å². The first kappa shape index (κ1) is 26.2. The van der Waals surface area contributed by atoms with Gasteiger partial charge >= 0.3 is 0 Å². The van der Waals surface area contributed by atoms with Crippen molar-refractivity contribution in [3.05, 3.63) is 0 Å². The Labute approximate surface area is 155 Å². The Kier molecular flexibility index (Phi) is 11.8. The standard InChI is InChI=1S/C8H16.C7H14O.C6H12.2CH4/c1-7(2)8(3)5-4-6-8;1-6(2)7(8)4-3-5-7;1-5(2)6-3-4-6;;/h7H,4-6H2,1-3H3;6,8H,3-5H2,1-2H3;5-6H,3-4H2,1-2H3;2*1H4. The summed E-state index contributed by atoms with van der Waals surface area (Å²) in [5.41, 5.74) is 0.444. The maximum atomic E-state index is 9.49. The molecule has 0 unspecified atom stereocenters. The molecule has 1 N–H and O–H groups in total.